The fraction of sp³-hybridized carbons (Fsp3) is 0.360. The van der Waals surface area contributed by atoms with E-state index in [2.05, 4.69) is 0 Å². The molecule has 0 spiro atoms. The van der Waals surface area contributed by atoms with E-state index in [0.717, 1.165) is 18.2 Å². The van der Waals surface area contributed by atoms with Gasteiger partial charge in [-0.15, -0.1) is 0 Å². The van der Waals surface area contributed by atoms with Crippen LogP contribution in [0.1, 0.15) is 47.6 Å². The topological polar surface area (TPSA) is 66.8 Å². The van der Waals surface area contributed by atoms with Crippen LogP contribution in [0.25, 0.3) is 0 Å². The zero-order chi connectivity index (χ0) is 27.3. The Balaban J connectivity index is 1.70. The maximum Gasteiger partial charge on any atom is 0.416 e. The number of ether oxygens (including phenoxy) is 1. The normalized spacial score (nSPS) is 23.0. The third kappa shape index (κ3) is 5.48. The first-order valence-electron chi connectivity index (χ1n) is 11.1. The molecular formula is C25H20F7NO4. The van der Waals surface area contributed by atoms with Gasteiger partial charge < -0.3 is 14.7 Å². The number of nitrogens with zero attached hydrogens (tertiary/aromatic N) is 1. The number of amides is 1. The van der Waals surface area contributed by atoms with Gasteiger partial charge in [0.1, 0.15) is 5.82 Å². The predicted octanol–water partition coefficient (Wildman–Crippen LogP) is 5.72. The Bertz CT molecular complexity index is 1200. The number of carbonyl (C=O) groups is 2. The highest BCUT2D eigenvalue weighted by Gasteiger charge is 2.48. The van der Waals surface area contributed by atoms with Crippen molar-refractivity contribution in [2.45, 2.75) is 49.9 Å². The molecule has 4 rings (SSSR count). The highest BCUT2D eigenvalue weighted by molar-refractivity contribution is 5.99. The average molecular weight is 531 g/mol. The summed E-state index contributed by atoms with van der Waals surface area (Å²) in [6.07, 6.45) is -11.4. The number of hydrogen-bond donors (Lipinski definition) is 1. The van der Waals surface area contributed by atoms with Crippen molar-refractivity contribution in [2.75, 3.05) is 6.54 Å². The molecule has 5 nitrogen and oxygen atoms in total. The zero-order valence-corrected chi connectivity index (χ0v) is 19.1. The molecule has 12 heteroatoms. The molecule has 1 fully saturated rings. The molecule has 0 aliphatic carbocycles. The van der Waals surface area contributed by atoms with Crippen molar-refractivity contribution in [1.82, 2.24) is 4.90 Å². The van der Waals surface area contributed by atoms with Gasteiger partial charge in [0.05, 0.1) is 23.3 Å². The van der Waals surface area contributed by atoms with E-state index in [1.807, 2.05) is 0 Å². The molecule has 0 unspecified atom stereocenters. The van der Waals surface area contributed by atoms with Crippen LogP contribution in [0.3, 0.4) is 0 Å². The predicted molar refractivity (Wildman–Crippen MR) is 115 cm³/mol. The monoisotopic (exact) mass is 531 g/mol. The van der Waals surface area contributed by atoms with E-state index < -0.39 is 65.3 Å². The zero-order valence-electron chi connectivity index (χ0n) is 19.1. The van der Waals surface area contributed by atoms with Gasteiger partial charge in [0.15, 0.2) is 0 Å². The summed E-state index contributed by atoms with van der Waals surface area (Å²) < 4.78 is 99.5. The van der Waals surface area contributed by atoms with Crippen molar-refractivity contribution in [3.05, 3.63) is 82.2 Å². The van der Waals surface area contributed by atoms with Gasteiger partial charge in [0.2, 0.25) is 5.91 Å². The number of fused-ring (bicyclic) bond motifs is 1. The quantitative estimate of drug-likeness (QED) is 0.502. The van der Waals surface area contributed by atoms with Gasteiger partial charge >= 0.3 is 18.3 Å². The maximum atomic E-state index is 13.6. The lowest BCUT2D eigenvalue weighted by molar-refractivity contribution is -0.143. The van der Waals surface area contributed by atoms with Crippen LogP contribution >= 0.6 is 0 Å². The SMILES string of the molecule is C[C@@H](O[C@H]1CN2C(=O)C=C(C(=O)O)C[C@H]2[C@@H]1c1ccc(F)cc1)c1cc(C(F)(F)F)cc(C(F)(F)F)c1. The van der Waals surface area contributed by atoms with E-state index in [4.69, 9.17) is 4.74 Å². The summed E-state index contributed by atoms with van der Waals surface area (Å²) in [7, 11) is 0. The van der Waals surface area contributed by atoms with Crippen molar-refractivity contribution < 1.29 is 50.2 Å². The average Bonchev–Trinajstić information content (AvgIpc) is 3.16. The molecule has 37 heavy (non-hydrogen) atoms. The fourth-order valence-corrected chi connectivity index (χ4v) is 4.84. The van der Waals surface area contributed by atoms with E-state index in [0.29, 0.717) is 17.7 Å². The van der Waals surface area contributed by atoms with Gasteiger partial charge in [0.25, 0.3) is 0 Å². The summed E-state index contributed by atoms with van der Waals surface area (Å²) in [4.78, 5) is 25.5. The van der Waals surface area contributed by atoms with Gasteiger partial charge in [-0.05, 0) is 48.4 Å². The molecule has 0 saturated carbocycles. The summed E-state index contributed by atoms with van der Waals surface area (Å²) in [5.41, 5.74) is -3.03. The highest BCUT2D eigenvalue weighted by Crippen LogP contribution is 2.43. The largest absolute Gasteiger partial charge is 0.478 e. The van der Waals surface area contributed by atoms with E-state index in [1.54, 1.807) is 0 Å². The second kappa shape index (κ2) is 9.47. The molecule has 4 atom stereocenters. The van der Waals surface area contributed by atoms with Gasteiger partial charge in [-0.1, -0.05) is 12.1 Å². The Labute approximate surface area is 206 Å². The number of halogens is 7. The second-order valence-electron chi connectivity index (χ2n) is 8.97. The number of alkyl halides is 6. The fourth-order valence-electron chi connectivity index (χ4n) is 4.84. The summed E-state index contributed by atoms with van der Waals surface area (Å²) >= 11 is 0. The van der Waals surface area contributed by atoms with Crippen molar-refractivity contribution in [3.8, 4) is 0 Å². The summed E-state index contributed by atoms with van der Waals surface area (Å²) in [5, 5.41) is 9.41. The third-order valence-electron chi connectivity index (χ3n) is 6.59. The van der Waals surface area contributed by atoms with Crippen LogP contribution in [0.4, 0.5) is 30.7 Å². The molecule has 1 amide bonds. The summed E-state index contributed by atoms with van der Waals surface area (Å²) in [6, 6.07) is 5.58. The Hall–Kier alpha value is -3.41. The van der Waals surface area contributed by atoms with Gasteiger partial charge in [-0.3, -0.25) is 4.79 Å². The third-order valence-corrected chi connectivity index (χ3v) is 6.59. The first kappa shape index (κ1) is 26.6. The van der Waals surface area contributed by atoms with Crippen LogP contribution < -0.4 is 0 Å². The minimum absolute atomic E-state index is 0.0190. The van der Waals surface area contributed by atoms with E-state index in [9.17, 15) is 45.4 Å². The number of carbonyl (C=O) groups excluding carboxylic acids is 1. The molecule has 2 aromatic rings. The number of rotatable bonds is 5. The molecule has 1 saturated heterocycles. The molecule has 0 aromatic heterocycles. The van der Waals surface area contributed by atoms with Gasteiger partial charge in [-0.25, -0.2) is 9.18 Å². The summed E-state index contributed by atoms with van der Waals surface area (Å²) in [5.74, 6) is -3.19. The lowest BCUT2D eigenvalue weighted by Gasteiger charge is -2.31. The first-order chi connectivity index (χ1) is 17.1. The van der Waals surface area contributed by atoms with E-state index >= 15 is 0 Å². The molecule has 2 aliphatic heterocycles. The molecule has 198 valence electrons. The molecule has 2 heterocycles. The number of aliphatic carboxylic acids is 1. The lowest BCUT2D eigenvalue weighted by atomic mass is 9.85. The van der Waals surface area contributed by atoms with Crippen molar-refractivity contribution in [3.63, 3.8) is 0 Å². The van der Waals surface area contributed by atoms with Gasteiger partial charge in [0, 0.05) is 36.6 Å². The standard InChI is InChI=1S/C25H20F7NO4/c1-12(14-6-16(24(27,28)29)10-17(7-14)25(30,31)32)37-20-11-33-19(8-15(23(35)36)9-21(33)34)22(20)13-2-4-18(26)5-3-13/h2-7,9-10,12,19-20,22H,8,11H2,1H3,(H,35,36)/t12-,19+,20+,22+/m1/s1. The van der Waals surface area contributed by atoms with E-state index in [1.165, 1.54) is 24.0 Å². The Morgan fingerprint density at radius 3 is 2.11 bits per heavy atom. The molecule has 0 radical (unpaired) electrons. The lowest BCUT2D eigenvalue weighted by Crippen LogP contribution is -2.40. The van der Waals surface area contributed by atoms with Crippen molar-refractivity contribution in [2.24, 2.45) is 0 Å². The second-order valence-corrected chi connectivity index (χ2v) is 8.97. The van der Waals surface area contributed by atoms with Crippen molar-refractivity contribution >= 4 is 11.9 Å². The minimum Gasteiger partial charge on any atom is -0.478 e. The molecule has 0 bridgehead atoms. The van der Waals surface area contributed by atoms with E-state index in [-0.39, 0.29) is 30.2 Å². The Morgan fingerprint density at radius 1 is 1.03 bits per heavy atom. The number of carboxylic acid groups (broad SMARTS) is 1. The van der Waals surface area contributed by atoms with Crippen LogP contribution in [0.15, 0.2) is 54.1 Å². The summed E-state index contributed by atoms with van der Waals surface area (Å²) in [6.45, 7) is 1.20. The number of benzene rings is 2. The van der Waals surface area contributed by atoms with Crippen LogP contribution in [0.5, 0.6) is 0 Å². The highest BCUT2D eigenvalue weighted by atomic mass is 19.4. The van der Waals surface area contributed by atoms with Crippen LogP contribution in [-0.2, 0) is 26.7 Å². The Kier molecular flexibility index (Phi) is 6.82. The number of carboxylic acids is 1. The minimum atomic E-state index is -5.04. The molecule has 1 N–H and O–H groups in total. The van der Waals surface area contributed by atoms with Crippen LogP contribution in [-0.4, -0.2) is 40.6 Å². The molecule has 2 aromatic carbocycles. The van der Waals surface area contributed by atoms with Crippen LogP contribution in [0.2, 0.25) is 0 Å². The Morgan fingerprint density at radius 2 is 1.59 bits per heavy atom. The first-order valence-corrected chi connectivity index (χ1v) is 11.1. The number of hydrogen-bond acceptors (Lipinski definition) is 3. The maximum absolute atomic E-state index is 13.6. The van der Waals surface area contributed by atoms with Crippen molar-refractivity contribution in [1.29, 1.82) is 0 Å². The van der Waals surface area contributed by atoms with Crippen LogP contribution in [0, 0.1) is 5.82 Å². The smallest absolute Gasteiger partial charge is 0.416 e. The molecule has 2 aliphatic rings. The molecular weight excluding hydrogens is 511 g/mol. The van der Waals surface area contributed by atoms with Gasteiger partial charge in [-0.2, -0.15) is 26.3 Å².